The highest BCUT2D eigenvalue weighted by atomic mass is 32.1. The molecule has 0 radical (unpaired) electrons. The molecule has 0 aliphatic carbocycles. The molecular formula is C20H19N3OS. The second-order valence-electron chi connectivity index (χ2n) is 6.68. The summed E-state index contributed by atoms with van der Waals surface area (Å²) in [7, 11) is 0. The van der Waals surface area contributed by atoms with E-state index in [1.54, 1.807) is 11.3 Å². The lowest BCUT2D eigenvalue weighted by Gasteiger charge is -2.10. The molecule has 0 fully saturated rings. The average Bonchev–Trinajstić information content (AvgIpc) is 2.93. The molecule has 2 aromatic heterocycles. The lowest BCUT2D eigenvalue weighted by atomic mass is 10.0. The van der Waals surface area contributed by atoms with E-state index in [-0.39, 0.29) is 5.56 Å². The van der Waals surface area contributed by atoms with Gasteiger partial charge in [0.2, 0.25) is 0 Å². The van der Waals surface area contributed by atoms with Gasteiger partial charge in [0.25, 0.3) is 5.56 Å². The fraction of sp³-hybridized carbons (Fsp3) is 0.350. The summed E-state index contributed by atoms with van der Waals surface area (Å²) in [6, 6.07) is 5.66. The lowest BCUT2D eigenvalue weighted by molar-refractivity contribution is 0.484. The monoisotopic (exact) mass is 349 g/mol. The Morgan fingerprint density at radius 2 is 2.16 bits per heavy atom. The van der Waals surface area contributed by atoms with Crippen molar-refractivity contribution in [1.29, 1.82) is 0 Å². The number of nitrogens with zero attached hydrogens (tertiary/aromatic N) is 3. The third-order valence-electron chi connectivity index (χ3n) is 4.68. The van der Waals surface area contributed by atoms with Gasteiger partial charge < -0.3 is 0 Å². The summed E-state index contributed by atoms with van der Waals surface area (Å²) < 4.78 is 1.86. The second kappa shape index (κ2) is 6.45. The first kappa shape index (κ1) is 16.0. The first-order valence-electron chi connectivity index (χ1n) is 8.58. The van der Waals surface area contributed by atoms with Crippen molar-refractivity contribution in [2.75, 3.05) is 0 Å². The number of thiazole rings is 1. The van der Waals surface area contributed by atoms with E-state index in [9.17, 15) is 4.79 Å². The molecule has 25 heavy (non-hydrogen) atoms. The number of aryl methyl sites for hydroxylation is 2. The Hall–Kier alpha value is -2.45. The van der Waals surface area contributed by atoms with Crippen LogP contribution in [0.4, 0.5) is 0 Å². The van der Waals surface area contributed by atoms with E-state index in [4.69, 9.17) is 4.98 Å². The van der Waals surface area contributed by atoms with Gasteiger partial charge in [-0.1, -0.05) is 12.8 Å². The molecule has 3 heterocycles. The summed E-state index contributed by atoms with van der Waals surface area (Å²) >= 11 is 1.58. The molecule has 1 atom stereocenters. The van der Waals surface area contributed by atoms with Crippen LogP contribution < -0.4 is 5.56 Å². The fourth-order valence-electron chi connectivity index (χ4n) is 3.17. The molecule has 4 nitrogen and oxygen atoms in total. The number of aromatic nitrogens is 3. The fourth-order valence-corrected chi connectivity index (χ4v) is 3.79. The van der Waals surface area contributed by atoms with Gasteiger partial charge in [-0.25, -0.2) is 9.97 Å². The van der Waals surface area contributed by atoms with Gasteiger partial charge in [-0.3, -0.25) is 9.36 Å². The molecule has 5 heteroatoms. The highest BCUT2D eigenvalue weighted by Gasteiger charge is 2.16. The van der Waals surface area contributed by atoms with Crippen molar-refractivity contribution >= 4 is 22.2 Å². The summed E-state index contributed by atoms with van der Waals surface area (Å²) in [4.78, 5) is 23.0. The van der Waals surface area contributed by atoms with Crippen molar-refractivity contribution < 1.29 is 0 Å². The molecular weight excluding hydrogens is 330 g/mol. The number of hydrogen-bond acceptors (Lipinski definition) is 4. The van der Waals surface area contributed by atoms with Crippen LogP contribution >= 0.6 is 11.3 Å². The van der Waals surface area contributed by atoms with E-state index < -0.39 is 0 Å². The first-order valence-corrected chi connectivity index (χ1v) is 9.40. The third-order valence-corrected chi connectivity index (χ3v) is 5.50. The van der Waals surface area contributed by atoms with Gasteiger partial charge in [0.15, 0.2) is 5.01 Å². The number of fused-ring (bicyclic) bond motifs is 2. The van der Waals surface area contributed by atoms with Crippen LogP contribution in [0, 0.1) is 24.7 Å². The van der Waals surface area contributed by atoms with Gasteiger partial charge in [0.1, 0.15) is 5.82 Å². The van der Waals surface area contributed by atoms with Crippen LogP contribution in [0.2, 0.25) is 0 Å². The molecule has 0 saturated heterocycles. The maximum atomic E-state index is 12.8. The van der Waals surface area contributed by atoms with Gasteiger partial charge in [-0.05, 0) is 49.8 Å². The van der Waals surface area contributed by atoms with E-state index in [0.29, 0.717) is 11.3 Å². The largest absolute Gasteiger partial charge is 0.296 e. The average molecular weight is 349 g/mol. The minimum atomic E-state index is 0.0733. The van der Waals surface area contributed by atoms with Gasteiger partial charge in [0.05, 0.1) is 10.9 Å². The van der Waals surface area contributed by atoms with Crippen molar-refractivity contribution in [3.8, 4) is 11.8 Å². The summed E-state index contributed by atoms with van der Waals surface area (Å²) in [5, 5.41) is 1.48. The van der Waals surface area contributed by atoms with Crippen LogP contribution in [0.15, 0.2) is 29.2 Å². The minimum absolute atomic E-state index is 0.0733. The molecule has 1 aliphatic rings. The Morgan fingerprint density at radius 1 is 1.28 bits per heavy atom. The van der Waals surface area contributed by atoms with Crippen molar-refractivity contribution in [3.05, 3.63) is 56.0 Å². The Balaban J connectivity index is 1.76. The molecule has 0 saturated carbocycles. The van der Waals surface area contributed by atoms with Crippen LogP contribution in [0.3, 0.4) is 0 Å². The maximum absolute atomic E-state index is 12.8. The summed E-state index contributed by atoms with van der Waals surface area (Å²) in [5.41, 5.74) is 1.68. The molecule has 0 spiro atoms. The molecule has 4 rings (SSSR count). The van der Waals surface area contributed by atoms with Crippen molar-refractivity contribution in [1.82, 2.24) is 14.5 Å². The number of benzene rings is 1. The summed E-state index contributed by atoms with van der Waals surface area (Å²) in [5.74, 6) is 7.76. The van der Waals surface area contributed by atoms with Gasteiger partial charge >= 0.3 is 0 Å². The van der Waals surface area contributed by atoms with Gasteiger partial charge in [-0.15, -0.1) is 11.3 Å². The molecule has 1 unspecified atom stereocenters. The Labute approximate surface area is 150 Å². The molecule has 0 N–H and O–H groups in total. The topological polar surface area (TPSA) is 47.8 Å². The Kier molecular flexibility index (Phi) is 4.14. The van der Waals surface area contributed by atoms with E-state index in [1.165, 1.54) is 0 Å². The van der Waals surface area contributed by atoms with E-state index in [1.807, 2.05) is 35.9 Å². The van der Waals surface area contributed by atoms with Crippen molar-refractivity contribution in [3.63, 3.8) is 0 Å². The Morgan fingerprint density at radius 3 is 2.96 bits per heavy atom. The lowest BCUT2D eigenvalue weighted by Crippen LogP contribution is -2.24. The Bertz CT molecular complexity index is 1070. The van der Waals surface area contributed by atoms with E-state index in [2.05, 4.69) is 23.7 Å². The predicted molar refractivity (Wildman–Crippen MR) is 101 cm³/mol. The molecule has 3 aromatic rings. The summed E-state index contributed by atoms with van der Waals surface area (Å²) in [6.45, 7) is 5.02. The zero-order chi connectivity index (χ0) is 17.4. The minimum Gasteiger partial charge on any atom is -0.296 e. The van der Waals surface area contributed by atoms with Crippen LogP contribution in [-0.4, -0.2) is 14.5 Å². The highest BCUT2D eigenvalue weighted by molar-refractivity contribution is 7.12. The van der Waals surface area contributed by atoms with Crippen molar-refractivity contribution in [2.45, 2.75) is 39.7 Å². The molecule has 126 valence electrons. The standard InChI is InChI=1S/C20H19N3OS/c1-13-3-7-18-22-17-11-15(5-8-19-21-12-14(2)25-19)4-6-16(17)20(24)23(18)10-9-13/h4,6,11-13H,3,7,9-10H2,1-2H3. The van der Waals surface area contributed by atoms with Crippen LogP contribution in [0.25, 0.3) is 10.9 Å². The van der Waals surface area contributed by atoms with Crippen LogP contribution in [-0.2, 0) is 13.0 Å². The SMILES string of the molecule is Cc1cnc(C#Cc2ccc3c(=O)n4c(nc3c2)CCC(C)CC4)s1. The summed E-state index contributed by atoms with van der Waals surface area (Å²) in [6.07, 6.45) is 4.81. The zero-order valence-corrected chi connectivity index (χ0v) is 15.2. The second-order valence-corrected chi connectivity index (χ2v) is 7.91. The van der Waals surface area contributed by atoms with Crippen molar-refractivity contribution in [2.24, 2.45) is 5.92 Å². The molecule has 1 aromatic carbocycles. The molecule has 0 bridgehead atoms. The quantitative estimate of drug-likeness (QED) is 0.583. The normalized spacial score (nSPS) is 16.8. The molecule has 0 amide bonds. The number of rotatable bonds is 0. The number of hydrogen-bond donors (Lipinski definition) is 0. The smallest absolute Gasteiger partial charge is 0.261 e. The van der Waals surface area contributed by atoms with Crippen LogP contribution in [0.5, 0.6) is 0 Å². The maximum Gasteiger partial charge on any atom is 0.261 e. The van der Waals surface area contributed by atoms with Gasteiger partial charge in [-0.2, -0.15) is 0 Å². The van der Waals surface area contributed by atoms with E-state index >= 15 is 0 Å². The van der Waals surface area contributed by atoms with Gasteiger partial charge in [0, 0.05) is 29.6 Å². The van der Waals surface area contributed by atoms with E-state index in [0.717, 1.165) is 52.6 Å². The van der Waals surface area contributed by atoms with Crippen LogP contribution in [0.1, 0.15) is 41.0 Å². The predicted octanol–water partition coefficient (Wildman–Crippen LogP) is 3.53. The first-order chi connectivity index (χ1) is 12.1. The molecule has 1 aliphatic heterocycles. The zero-order valence-electron chi connectivity index (χ0n) is 14.4. The third kappa shape index (κ3) is 3.22. The highest BCUT2D eigenvalue weighted by Crippen LogP contribution is 2.19.